The van der Waals surface area contributed by atoms with Crippen molar-refractivity contribution < 1.29 is 14.0 Å². The maximum Gasteiger partial charge on any atom is 0.275 e. The summed E-state index contributed by atoms with van der Waals surface area (Å²) in [5.41, 5.74) is 0.986. The lowest BCUT2D eigenvalue weighted by atomic mass is 10.0. The third-order valence-electron chi connectivity index (χ3n) is 3.17. The Morgan fingerprint density at radius 2 is 1.77 bits per heavy atom. The molecule has 0 aliphatic carbocycles. The van der Waals surface area contributed by atoms with E-state index in [-0.39, 0.29) is 11.3 Å². The molecule has 0 fully saturated rings. The number of benzene rings is 2. The third kappa shape index (κ3) is 2.58. The van der Waals surface area contributed by atoms with E-state index in [1.54, 1.807) is 30.3 Å². The Labute approximate surface area is 130 Å². The SMILES string of the molecule is O=C1NC(=O)C(c2ccccc2Cl)=C1Nc1cccc(F)c1. The molecular weight excluding hydrogens is 307 g/mol. The maximum atomic E-state index is 13.3. The molecule has 1 aliphatic heterocycles. The van der Waals surface area contributed by atoms with E-state index in [9.17, 15) is 14.0 Å². The van der Waals surface area contributed by atoms with Gasteiger partial charge in [0.15, 0.2) is 0 Å². The molecule has 2 aromatic rings. The van der Waals surface area contributed by atoms with E-state index in [1.165, 1.54) is 18.2 Å². The minimum atomic E-state index is -0.579. The van der Waals surface area contributed by atoms with Crippen LogP contribution < -0.4 is 10.6 Å². The van der Waals surface area contributed by atoms with Gasteiger partial charge in [-0.25, -0.2) is 4.39 Å². The molecule has 1 heterocycles. The van der Waals surface area contributed by atoms with Crippen molar-refractivity contribution in [1.82, 2.24) is 5.32 Å². The summed E-state index contributed by atoms with van der Waals surface area (Å²) < 4.78 is 13.3. The summed E-state index contributed by atoms with van der Waals surface area (Å²) in [5.74, 6) is -1.57. The molecule has 0 spiro atoms. The summed E-state index contributed by atoms with van der Waals surface area (Å²) in [6.07, 6.45) is 0. The number of nitrogens with one attached hydrogen (secondary N) is 2. The van der Waals surface area contributed by atoms with E-state index in [1.807, 2.05) is 0 Å². The number of halogens is 2. The zero-order valence-electron chi connectivity index (χ0n) is 11.2. The Balaban J connectivity index is 2.10. The Hall–Kier alpha value is -2.66. The first kappa shape index (κ1) is 14.3. The first-order valence-electron chi connectivity index (χ1n) is 6.43. The van der Waals surface area contributed by atoms with Gasteiger partial charge in [-0.15, -0.1) is 0 Å². The molecule has 2 amide bonds. The van der Waals surface area contributed by atoms with E-state index in [0.29, 0.717) is 16.3 Å². The van der Waals surface area contributed by atoms with Gasteiger partial charge in [-0.05, 0) is 24.3 Å². The summed E-state index contributed by atoms with van der Waals surface area (Å²) >= 11 is 6.10. The lowest BCUT2D eigenvalue weighted by Crippen LogP contribution is -2.24. The number of hydrogen-bond donors (Lipinski definition) is 2. The summed E-state index contributed by atoms with van der Waals surface area (Å²) in [4.78, 5) is 24.0. The van der Waals surface area contributed by atoms with E-state index in [0.717, 1.165) is 0 Å². The zero-order valence-corrected chi connectivity index (χ0v) is 11.9. The van der Waals surface area contributed by atoms with Gasteiger partial charge in [0.05, 0.1) is 5.57 Å². The van der Waals surface area contributed by atoms with Crippen molar-refractivity contribution in [2.75, 3.05) is 5.32 Å². The smallest absolute Gasteiger partial charge is 0.275 e. The largest absolute Gasteiger partial charge is 0.350 e. The van der Waals surface area contributed by atoms with E-state index < -0.39 is 17.6 Å². The summed E-state index contributed by atoms with van der Waals surface area (Å²) in [5, 5.41) is 5.34. The van der Waals surface area contributed by atoms with Crippen LogP contribution in [0.15, 0.2) is 54.2 Å². The second kappa shape index (κ2) is 5.61. The predicted octanol–water partition coefficient (Wildman–Crippen LogP) is 2.96. The molecule has 0 unspecified atom stereocenters. The molecule has 110 valence electrons. The number of hydrogen-bond acceptors (Lipinski definition) is 3. The molecule has 22 heavy (non-hydrogen) atoms. The minimum absolute atomic E-state index is 0.0451. The van der Waals surface area contributed by atoms with Crippen molar-refractivity contribution in [1.29, 1.82) is 0 Å². The van der Waals surface area contributed by atoms with Gasteiger partial charge in [0.2, 0.25) is 0 Å². The highest BCUT2D eigenvalue weighted by Gasteiger charge is 2.32. The molecule has 0 radical (unpaired) electrons. The molecule has 2 N–H and O–H groups in total. The summed E-state index contributed by atoms with van der Waals surface area (Å²) in [6.45, 7) is 0. The van der Waals surface area contributed by atoms with E-state index >= 15 is 0 Å². The Morgan fingerprint density at radius 1 is 1.00 bits per heavy atom. The van der Waals surface area contributed by atoms with Crippen LogP contribution in [0.5, 0.6) is 0 Å². The highest BCUT2D eigenvalue weighted by molar-refractivity contribution is 6.40. The average Bonchev–Trinajstić information content (AvgIpc) is 2.74. The first-order chi connectivity index (χ1) is 10.6. The van der Waals surface area contributed by atoms with Crippen LogP contribution in [0, 0.1) is 5.82 Å². The lowest BCUT2D eigenvalue weighted by Gasteiger charge is -2.09. The molecular formula is C16H10ClFN2O2. The van der Waals surface area contributed by atoms with Crippen LogP contribution in [0.1, 0.15) is 5.56 Å². The Kier molecular flexibility index (Phi) is 3.65. The van der Waals surface area contributed by atoms with Gasteiger partial charge in [0.25, 0.3) is 11.8 Å². The molecule has 0 saturated heterocycles. The van der Waals surface area contributed by atoms with E-state index in [2.05, 4.69) is 10.6 Å². The summed E-state index contributed by atoms with van der Waals surface area (Å²) in [7, 11) is 0. The highest BCUT2D eigenvalue weighted by Crippen LogP contribution is 2.30. The molecule has 0 aromatic heterocycles. The number of anilines is 1. The summed E-state index contributed by atoms with van der Waals surface area (Å²) in [6, 6.07) is 12.3. The van der Waals surface area contributed by atoms with Crippen molar-refractivity contribution in [2.45, 2.75) is 0 Å². The number of imide groups is 1. The number of carbonyl (C=O) groups excluding carboxylic acids is 2. The van der Waals surface area contributed by atoms with Crippen molar-refractivity contribution in [3.63, 3.8) is 0 Å². The van der Waals surface area contributed by atoms with Crippen molar-refractivity contribution in [2.24, 2.45) is 0 Å². The van der Waals surface area contributed by atoms with Crippen LogP contribution in [0.2, 0.25) is 5.02 Å². The number of amides is 2. The van der Waals surface area contributed by atoms with Crippen LogP contribution in [-0.4, -0.2) is 11.8 Å². The van der Waals surface area contributed by atoms with Gasteiger partial charge in [-0.1, -0.05) is 35.9 Å². The van der Waals surface area contributed by atoms with Crippen LogP contribution in [-0.2, 0) is 9.59 Å². The average molecular weight is 317 g/mol. The molecule has 0 atom stereocenters. The van der Waals surface area contributed by atoms with Gasteiger partial charge in [0.1, 0.15) is 11.5 Å². The van der Waals surface area contributed by atoms with Crippen molar-refractivity contribution in [3.05, 3.63) is 70.6 Å². The molecule has 0 bridgehead atoms. The topological polar surface area (TPSA) is 58.2 Å². The monoisotopic (exact) mass is 316 g/mol. The van der Waals surface area contributed by atoms with E-state index in [4.69, 9.17) is 11.6 Å². The molecule has 1 aliphatic rings. The number of carbonyl (C=O) groups is 2. The first-order valence-corrected chi connectivity index (χ1v) is 6.81. The minimum Gasteiger partial charge on any atom is -0.350 e. The molecule has 3 rings (SSSR count). The standard InChI is InChI=1S/C16H10ClFN2O2/c17-12-7-2-1-6-11(12)13-14(16(22)20-15(13)21)19-10-5-3-4-9(18)8-10/h1-8H,(H2,19,20,21,22). The predicted molar refractivity (Wildman–Crippen MR) is 81.5 cm³/mol. The third-order valence-corrected chi connectivity index (χ3v) is 3.50. The normalized spacial score (nSPS) is 14.3. The molecule has 2 aromatic carbocycles. The Morgan fingerprint density at radius 3 is 2.50 bits per heavy atom. The second-order valence-electron chi connectivity index (χ2n) is 4.65. The quantitative estimate of drug-likeness (QED) is 0.856. The maximum absolute atomic E-state index is 13.3. The second-order valence-corrected chi connectivity index (χ2v) is 5.06. The van der Waals surface area contributed by atoms with Gasteiger partial charge in [0, 0.05) is 16.3 Å². The number of rotatable bonds is 3. The van der Waals surface area contributed by atoms with Crippen LogP contribution in [0.25, 0.3) is 5.57 Å². The fourth-order valence-corrected chi connectivity index (χ4v) is 2.44. The fraction of sp³-hybridized carbons (Fsp3) is 0. The molecule has 6 heteroatoms. The highest BCUT2D eigenvalue weighted by atomic mass is 35.5. The van der Waals surface area contributed by atoms with Crippen molar-refractivity contribution in [3.8, 4) is 0 Å². The van der Waals surface area contributed by atoms with Crippen molar-refractivity contribution >= 4 is 34.7 Å². The Bertz CT molecular complexity index is 817. The van der Waals surface area contributed by atoms with Gasteiger partial charge >= 0.3 is 0 Å². The molecule has 4 nitrogen and oxygen atoms in total. The van der Waals surface area contributed by atoms with Crippen LogP contribution in [0.4, 0.5) is 10.1 Å². The van der Waals surface area contributed by atoms with Gasteiger partial charge in [-0.3, -0.25) is 14.9 Å². The fourth-order valence-electron chi connectivity index (χ4n) is 2.21. The molecule has 0 saturated carbocycles. The van der Waals surface area contributed by atoms with Gasteiger partial charge < -0.3 is 5.32 Å². The van der Waals surface area contributed by atoms with Gasteiger partial charge in [-0.2, -0.15) is 0 Å². The van der Waals surface area contributed by atoms with Crippen LogP contribution >= 0.6 is 11.6 Å². The van der Waals surface area contributed by atoms with Crippen LogP contribution in [0.3, 0.4) is 0 Å². The lowest BCUT2D eigenvalue weighted by molar-refractivity contribution is -0.123. The zero-order chi connectivity index (χ0) is 15.7.